The molecule has 0 aliphatic heterocycles. The molecule has 6 heteroatoms. The second-order valence-electron chi connectivity index (χ2n) is 8.08. The Labute approximate surface area is 175 Å². The summed E-state index contributed by atoms with van der Waals surface area (Å²) >= 11 is 0. The van der Waals surface area contributed by atoms with E-state index < -0.39 is 0 Å². The van der Waals surface area contributed by atoms with E-state index in [1.165, 1.54) is 17.7 Å². The Kier molecular flexibility index (Phi) is 4.69. The number of aryl methyl sites for hydroxylation is 3. The fourth-order valence-corrected chi connectivity index (χ4v) is 4.03. The number of rotatable bonds is 4. The van der Waals surface area contributed by atoms with Gasteiger partial charge in [0.05, 0.1) is 5.69 Å². The van der Waals surface area contributed by atoms with Crippen LogP contribution in [-0.4, -0.2) is 19.6 Å². The number of nitrogens with zero attached hydrogens (tertiary/aromatic N) is 4. The van der Waals surface area contributed by atoms with Crippen LogP contribution in [-0.2, 0) is 19.3 Å². The molecule has 5 nitrogen and oxygen atoms in total. The van der Waals surface area contributed by atoms with Gasteiger partial charge in [-0.15, -0.1) is 5.10 Å². The fourth-order valence-electron chi connectivity index (χ4n) is 4.03. The van der Waals surface area contributed by atoms with Gasteiger partial charge in [0.1, 0.15) is 11.6 Å². The van der Waals surface area contributed by atoms with Crippen LogP contribution in [0.5, 0.6) is 0 Å². The van der Waals surface area contributed by atoms with Crippen LogP contribution >= 0.6 is 0 Å². The van der Waals surface area contributed by atoms with Gasteiger partial charge in [-0.05, 0) is 62.8 Å². The molecule has 1 N–H and O–H groups in total. The predicted molar refractivity (Wildman–Crippen MR) is 116 cm³/mol. The maximum absolute atomic E-state index is 13.9. The molecule has 2 aromatic carbocycles. The van der Waals surface area contributed by atoms with Crippen LogP contribution in [0.3, 0.4) is 0 Å². The molecule has 2 heterocycles. The number of nitrogens with one attached hydrogen (secondary N) is 1. The standard InChI is InChI=1S/C24H24FN5/c1-15-7-10-17(11-8-15)13-22-28-24-27-20-6-4-3-5-19(20)23(30(24)29-22)26-21-14-18(25)12-9-16(21)2/h7-12,14,26H,3-6,13H2,1-2H3. The Bertz CT molecular complexity index is 1230. The highest BCUT2D eigenvalue weighted by Crippen LogP contribution is 2.31. The fraction of sp³-hybridized carbons (Fsp3) is 0.292. The van der Waals surface area contributed by atoms with Gasteiger partial charge in [0.2, 0.25) is 0 Å². The summed E-state index contributed by atoms with van der Waals surface area (Å²) in [5.74, 6) is 1.91. The summed E-state index contributed by atoms with van der Waals surface area (Å²) in [4.78, 5) is 9.52. The average molecular weight is 401 g/mol. The highest BCUT2D eigenvalue weighted by atomic mass is 19.1. The summed E-state index contributed by atoms with van der Waals surface area (Å²) in [5, 5.41) is 8.22. The van der Waals surface area contributed by atoms with Crippen molar-refractivity contribution in [2.45, 2.75) is 46.0 Å². The van der Waals surface area contributed by atoms with Crippen LogP contribution in [0.25, 0.3) is 5.78 Å². The van der Waals surface area contributed by atoms with Crippen molar-refractivity contribution in [3.63, 3.8) is 0 Å². The first-order valence-corrected chi connectivity index (χ1v) is 10.4. The molecule has 152 valence electrons. The van der Waals surface area contributed by atoms with Gasteiger partial charge in [0.15, 0.2) is 5.82 Å². The average Bonchev–Trinajstić information content (AvgIpc) is 3.14. The lowest BCUT2D eigenvalue weighted by Gasteiger charge is -2.20. The molecule has 5 rings (SSSR count). The molecular formula is C24H24FN5. The minimum absolute atomic E-state index is 0.263. The molecule has 0 unspecified atom stereocenters. The number of hydrogen-bond acceptors (Lipinski definition) is 4. The first-order chi connectivity index (χ1) is 14.6. The SMILES string of the molecule is Cc1ccc(Cc2nc3nc4c(c(Nc5cc(F)ccc5C)n3n2)CCCC4)cc1. The van der Waals surface area contributed by atoms with E-state index in [9.17, 15) is 4.39 Å². The molecule has 0 bridgehead atoms. The second-order valence-corrected chi connectivity index (χ2v) is 8.08. The van der Waals surface area contributed by atoms with Crippen LogP contribution < -0.4 is 5.32 Å². The van der Waals surface area contributed by atoms with E-state index >= 15 is 0 Å². The topological polar surface area (TPSA) is 55.1 Å². The molecule has 1 aliphatic carbocycles. The minimum Gasteiger partial charge on any atom is -0.339 e. The molecule has 0 amide bonds. The number of anilines is 2. The van der Waals surface area contributed by atoms with E-state index in [-0.39, 0.29) is 5.82 Å². The van der Waals surface area contributed by atoms with Gasteiger partial charge in [-0.25, -0.2) is 9.37 Å². The smallest absolute Gasteiger partial charge is 0.254 e. The minimum atomic E-state index is -0.263. The third-order valence-electron chi connectivity index (χ3n) is 5.74. The summed E-state index contributed by atoms with van der Waals surface area (Å²) in [5.41, 5.74) is 6.34. The Morgan fingerprint density at radius 1 is 1.00 bits per heavy atom. The Balaban J connectivity index is 1.60. The molecule has 0 spiro atoms. The molecule has 2 aromatic heterocycles. The van der Waals surface area contributed by atoms with E-state index in [0.29, 0.717) is 12.2 Å². The van der Waals surface area contributed by atoms with Crippen molar-refractivity contribution in [2.75, 3.05) is 5.32 Å². The molecule has 0 fully saturated rings. The van der Waals surface area contributed by atoms with Gasteiger partial charge in [-0.1, -0.05) is 35.9 Å². The molecule has 1 aliphatic rings. The van der Waals surface area contributed by atoms with Gasteiger partial charge >= 0.3 is 0 Å². The lowest BCUT2D eigenvalue weighted by Crippen LogP contribution is -2.14. The van der Waals surface area contributed by atoms with Gasteiger partial charge in [0.25, 0.3) is 5.78 Å². The van der Waals surface area contributed by atoms with Crippen molar-refractivity contribution in [3.05, 3.63) is 82.1 Å². The third-order valence-corrected chi connectivity index (χ3v) is 5.74. The van der Waals surface area contributed by atoms with Crippen molar-refractivity contribution < 1.29 is 4.39 Å². The van der Waals surface area contributed by atoms with Crippen molar-refractivity contribution in [3.8, 4) is 0 Å². The highest BCUT2D eigenvalue weighted by molar-refractivity contribution is 5.66. The first-order valence-electron chi connectivity index (χ1n) is 10.4. The van der Waals surface area contributed by atoms with Crippen LogP contribution in [0.2, 0.25) is 0 Å². The molecule has 0 atom stereocenters. The Morgan fingerprint density at radius 2 is 1.80 bits per heavy atom. The first kappa shape index (κ1) is 18.7. The van der Waals surface area contributed by atoms with Gasteiger partial charge in [-0.2, -0.15) is 9.50 Å². The third kappa shape index (κ3) is 3.54. The van der Waals surface area contributed by atoms with Crippen molar-refractivity contribution in [1.82, 2.24) is 19.6 Å². The summed E-state index contributed by atoms with van der Waals surface area (Å²) in [6, 6.07) is 13.2. The summed E-state index contributed by atoms with van der Waals surface area (Å²) < 4.78 is 15.7. The van der Waals surface area contributed by atoms with Crippen LogP contribution in [0, 0.1) is 19.7 Å². The zero-order valence-electron chi connectivity index (χ0n) is 17.2. The largest absolute Gasteiger partial charge is 0.339 e. The zero-order valence-corrected chi connectivity index (χ0v) is 17.2. The Hall–Kier alpha value is -3.28. The molecule has 30 heavy (non-hydrogen) atoms. The zero-order chi connectivity index (χ0) is 20.7. The van der Waals surface area contributed by atoms with E-state index in [4.69, 9.17) is 15.1 Å². The lowest BCUT2D eigenvalue weighted by atomic mass is 9.96. The molecule has 0 saturated carbocycles. The second kappa shape index (κ2) is 7.52. The normalized spacial score (nSPS) is 13.4. The van der Waals surface area contributed by atoms with Crippen molar-refractivity contribution >= 4 is 17.3 Å². The van der Waals surface area contributed by atoms with Crippen LogP contribution in [0.1, 0.15) is 46.6 Å². The van der Waals surface area contributed by atoms with Gasteiger partial charge < -0.3 is 5.32 Å². The summed E-state index contributed by atoms with van der Waals surface area (Å²) in [6.45, 7) is 4.05. The maximum Gasteiger partial charge on any atom is 0.254 e. The lowest BCUT2D eigenvalue weighted by molar-refractivity contribution is 0.628. The number of benzene rings is 2. The van der Waals surface area contributed by atoms with E-state index in [2.05, 4.69) is 36.5 Å². The number of hydrogen-bond donors (Lipinski definition) is 1. The van der Waals surface area contributed by atoms with E-state index in [0.717, 1.165) is 65.4 Å². The molecule has 0 radical (unpaired) electrons. The van der Waals surface area contributed by atoms with Crippen molar-refractivity contribution in [2.24, 2.45) is 0 Å². The molecule has 4 aromatic rings. The quantitative estimate of drug-likeness (QED) is 0.517. The van der Waals surface area contributed by atoms with Crippen LogP contribution in [0.15, 0.2) is 42.5 Å². The van der Waals surface area contributed by atoms with Crippen molar-refractivity contribution in [1.29, 1.82) is 0 Å². The maximum atomic E-state index is 13.9. The Morgan fingerprint density at radius 3 is 2.63 bits per heavy atom. The molecular weight excluding hydrogens is 377 g/mol. The highest BCUT2D eigenvalue weighted by Gasteiger charge is 2.21. The number of fused-ring (bicyclic) bond motifs is 2. The van der Waals surface area contributed by atoms with E-state index in [1.54, 1.807) is 10.6 Å². The monoisotopic (exact) mass is 401 g/mol. The molecule has 0 saturated heterocycles. The predicted octanol–water partition coefficient (Wildman–Crippen LogP) is 5.09. The summed E-state index contributed by atoms with van der Waals surface area (Å²) in [6.07, 6.45) is 4.75. The van der Waals surface area contributed by atoms with E-state index in [1.807, 2.05) is 6.92 Å². The summed E-state index contributed by atoms with van der Waals surface area (Å²) in [7, 11) is 0. The number of aromatic nitrogens is 4. The van der Waals surface area contributed by atoms with Crippen LogP contribution in [0.4, 0.5) is 15.9 Å². The number of halogens is 1. The van der Waals surface area contributed by atoms with Gasteiger partial charge in [0, 0.05) is 17.7 Å². The van der Waals surface area contributed by atoms with Gasteiger partial charge in [-0.3, -0.25) is 0 Å².